The summed E-state index contributed by atoms with van der Waals surface area (Å²) in [5, 5.41) is 0. The molecule has 0 aromatic rings. The van der Waals surface area contributed by atoms with Gasteiger partial charge in [0.2, 0.25) is 0 Å². The Morgan fingerprint density at radius 2 is 1.22 bits per heavy atom. The first-order chi connectivity index (χ1) is 14.1. The lowest BCUT2D eigenvalue weighted by Gasteiger charge is -2.39. The van der Waals surface area contributed by atoms with Crippen molar-refractivity contribution in [1.82, 2.24) is 0 Å². The van der Waals surface area contributed by atoms with Gasteiger partial charge in [0, 0.05) is 0 Å². The molecule has 0 fully saturated rings. The van der Waals surface area contributed by atoms with Crippen LogP contribution in [0.25, 0.3) is 0 Å². The van der Waals surface area contributed by atoms with Gasteiger partial charge in [-0.2, -0.15) is 26.3 Å². The number of carbonyl (C=O) groups is 2. The van der Waals surface area contributed by atoms with Gasteiger partial charge in [0.1, 0.15) is 5.60 Å². The zero-order valence-corrected chi connectivity index (χ0v) is 20.1. The van der Waals surface area contributed by atoms with Crippen molar-refractivity contribution in [3.8, 4) is 0 Å². The number of hydrogen-bond acceptors (Lipinski definition) is 4. The van der Waals surface area contributed by atoms with E-state index in [0.29, 0.717) is 6.42 Å². The maximum Gasteiger partial charge on any atom is 0.434 e. The molecule has 0 aliphatic heterocycles. The standard InChI is InChI=1S/C22H36F6O4/c1-9-19(7,8)12-14(18(4,5)6)16(30)32-20(10-2,11-3)13-15(29)31-17(21(23,24)25)22(26,27)28/h14,17H,9-13H2,1-8H3. The summed E-state index contributed by atoms with van der Waals surface area (Å²) in [6.45, 7) is 14.5. The van der Waals surface area contributed by atoms with Gasteiger partial charge in [-0.25, -0.2) is 0 Å². The average molecular weight is 479 g/mol. The normalized spacial score (nSPS) is 15.0. The number of esters is 2. The van der Waals surface area contributed by atoms with Crippen molar-refractivity contribution in [2.24, 2.45) is 16.7 Å². The van der Waals surface area contributed by atoms with Gasteiger partial charge in [0.15, 0.2) is 0 Å². The zero-order valence-electron chi connectivity index (χ0n) is 20.1. The van der Waals surface area contributed by atoms with Crippen LogP contribution in [-0.4, -0.2) is 36.0 Å². The molecule has 1 unspecified atom stereocenters. The van der Waals surface area contributed by atoms with E-state index in [1.165, 1.54) is 13.8 Å². The molecule has 0 radical (unpaired) electrons. The van der Waals surface area contributed by atoms with Crippen LogP contribution in [0.15, 0.2) is 0 Å². The molecular formula is C22H36F6O4. The first-order valence-electron chi connectivity index (χ1n) is 10.7. The maximum absolute atomic E-state index is 13.1. The van der Waals surface area contributed by atoms with Gasteiger partial charge < -0.3 is 9.47 Å². The number of alkyl halides is 6. The third kappa shape index (κ3) is 9.17. The summed E-state index contributed by atoms with van der Waals surface area (Å²) in [6, 6.07) is 0. The molecule has 4 nitrogen and oxygen atoms in total. The molecule has 0 saturated carbocycles. The van der Waals surface area contributed by atoms with Gasteiger partial charge >= 0.3 is 24.3 Å². The molecule has 0 saturated heterocycles. The topological polar surface area (TPSA) is 52.6 Å². The molecule has 0 aromatic heterocycles. The van der Waals surface area contributed by atoms with E-state index in [9.17, 15) is 35.9 Å². The van der Waals surface area contributed by atoms with Crippen molar-refractivity contribution < 1.29 is 45.4 Å². The van der Waals surface area contributed by atoms with Gasteiger partial charge in [-0.3, -0.25) is 9.59 Å². The molecule has 0 N–H and O–H groups in total. The third-order valence-electron chi connectivity index (χ3n) is 5.96. The molecule has 0 amide bonds. The molecule has 32 heavy (non-hydrogen) atoms. The van der Waals surface area contributed by atoms with Crippen LogP contribution in [0.3, 0.4) is 0 Å². The third-order valence-corrected chi connectivity index (χ3v) is 5.96. The van der Waals surface area contributed by atoms with Crippen molar-refractivity contribution in [3.63, 3.8) is 0 Å². The Bertz CT molecular complexity index is 614. The number of halogens is 6. The molecule has 0 heterocycles. The Labute approximate surface area is 186 Å². The van der Waals surface area contributed by atoms with E-state index in [1.54, 1.807) is 0 Å². The molecule has 0 bridgehead atoms. The summed E-state index contributed by atoms with van der Waals surface area (Å²) in [4.78, 5) is 25.2. The number of rotatable bonds is 10. The fourth-order valence-electron chi connectivity index (χ4n) is 3.16. The van der Waals surface area contributed by atoms with E-state index in [4.69, 9.17) is 4.74 Å². The molecular weight excluding hydrogens is 442 g/mol. The van der Waals surface area contributed by atoms with Crippen molar-refractivity contribution >= 4 is 11.9 Å². The molecule has 0 aliphatic carbocycles. The van der Waals surface area contributed by atoms with Gasteiger partial charge in [0.05, 0.1) is 12.3 Å². The summed E-state index contributed by atoms with van der Waals surface area (Å²) in [6.07, 6.45) is -15.5. The van der Waals surface area contributed by atoms with Crippen LogP contribution in [0.1, 0.15) is 87.5 Å². The highest BCUT2D eigenvalue weighted by Crippen LogP contribution is 2.41. The summed E-state index contributed by atoms with van der Waals surface area (Å²) in [5.41, 5.74) is -2.30. The lowest BCUT2D eigenvalue weighted by Crippen LogP contribution is -2.47. The second-order valence-corrected chi connectivity index (χ2v) is 10.1. The molecule has 0 aromatic carbocycles. The highest BCUT2D eigenvalue weighted by atomic mass is 19.4. The molecule has 0 aliphatic rings. The van der Waals surface area contributed by atoms with Crippen molar-refractivity contribution in [2.75, 3.05) is 0 Å². The first kappa shape index (κ1) is 30.5. The molecule has 0 spiro atoms. The van der Waals surface area contributed by atoms with Crippen LogP contribution in [-0.2, 0) is 19.1 Å². The lowest BCUT2D eigenvalue weighted by molar-refractivity contribution is -0.314. The Morgan fingerprint density at radius 3 is 1.53 bits per heavy atom. The van der Waals surface area contributed by atoms with E-state index >= 15 is 0 Å². The molecule has 10 heteroatoms. The second kappa shape index (κ2) is 10.6. The Kier molecular flexibility index (Phi) is 10.1. The van der Waals surface area contributed by atoms with E-state index in [0.717, 1.165) is 6.42 Å². The minimum Gasteiger partial charge on any atom is -0.458 e. The number of hydrogen-bond donors (Lipinski definition) is 0. The highest BCUT2D eigenvalue weighted by Gasteiger charge is 2.60. The lowest BCUT2D eigenvalue weighted by atomic mass is 9.70. The van der Waals surface area contributed by atoms with E-state index in [2.05, 4.69) is 4.74 Å². The monoisotopic (exact) mass is 478 g/mol. The molecule has 1 atom stereocenters. The van der Waals surface area contributed by atoms with Crippen LogP contribution < -0.4 is 0 Å². The Balaban J connectivity index is 5.74. The SMILES string of the molecule is CCC(C)(C)CC(C(=O)OC(CC)(CC)CC(=O)OC(C(F)(F)F)C(F)(F)F)C(C)(C)C. The summed E-state index contributed by atoms with van der Waals surface area (Å²) in [7, 11) is 0. The number of ether oxygens (including phenoxy) is 2. The summed E-state index contributed by atoms with van der Waals surface area (Å²) >= 11 is 0. The zero-order chi connectivity index (χ0) is 25.8. The van der Waals surface area contributed by atoms with Crippen molar-refractivity contribution in [2.45, 2.75) is 112 Å². The van der Waals surface area contributed by atoms with Crippen LogP contribution in [0.5, 0.6) is 0 Å². The van der Waals surface area contributed by atoms with Crippen LogP contribution in [0, 0.1) is 16.7 Å². The fourth-order valence-corrected chi connectivity index (χ4v) is 3.16. The maximum atomic E-state index is 13.1. The van der Waals surface area contributed by atoms with Crippen molar-refractivity contribution in [1.29, 1.82) is 0 Å². The highest BCUT2D eigenvalue weighted by molar-refractivity contribution is 5.76. The average Bonchev–Trinajstić information content (AvgIpc) is 2.60. The largest absolute Gasteiger partial charge is 0.458 e. The van der Waals surface area contributed by atoms with E-state index in [-0.39, 0.29) is 18.3 Å². The molecule has 190 valence electrons. The van der Waals surface area contributed by atoms with Crippen LogP contribution in [0.4, 0.5) is 26.3 Å². The van der Waals surface area contributed by atoms with Crippen LogP contribution in [0.2, 0.25) is 0 Å². The predicted molar refractivity (Wildman–Crippen MR) is 108 cm³/mol. The van der Waals surface area contributed by atoms with E-state index in [1.807, 2.05) is 41.5 Å². The minimum atomic E-state index is -5.81. The van der Waals surface area contributed by atoms with Crippen molar-refractivity contribution in [3.05, 3.63) is 0 Å². The van der Waals surface area contributed by atoms with Gasteiger partial charge in [-0.15, -0.1) is 0 Å². The van der Waals surface area contributed by atoms with E-state index < -0.39 is 53.7 Å². The minimum absolute atomic E-state index is 0.0150. The van der Waals surface area contributed by atoms with Gasteiger partial charge in [-0.05, 0) is 30.1 Å². The summed E-state index contributed by atoms with van der Waals surface area (Å²) in [5.74, 6) is -2.97. The smallest absolute Gasteiger partial charge is 0.434 e. The van der Waals surface area contributed by atoms with Gasteiger partial charge in [-0.1, -0.05) is 61.8 Å². The number of carbonyl (C=O) groups excluding carboxylic acids is 2. The quantitative estimate of drug-likeness (QED) is 0.251. The fraction of sp³-hybridized carbons (Fsp3) is 0.909. The summed E-state index contributed by atoms with van der Waals surface area (Å²) < 4.78 is 85.8. The predicted octanol–water partition coefficient (Wildman–Crippen LogP) is 7.00. The van der Waals surface area contributed by atoms with Crippen LogP contribution >= 0.6 is 0 Å². The molecule has 0 rings (SSSR count). The Hall–Kier alpha value is -1.48. The Morgan fingerprint density at radius 1 is 0.781 bits per heavy atom. The first-order valence-corrected chi connectivity index (χ1v) is 10.7. The second-order valence-electron chi connectivity index (χ2n) is 10.1. The van der Waals surface area contributed by atoms with Gasteiger partial charge in [0.25, 0.3) is 6.10 Å².